The molecule has 0 saturated heterocycles. The zero-order chi connectivity index (χ0) is 18.5. The molecule has 4 unspecified atom stereocenters. The fraction of sp³-hybridized carbons (Fsp3) is 0.900. The van der Waals surface area contributed by atoms with Gasteiger partial charge in [0.25, 0.3) is 0 Å². The molecule has 0 fully saturated rings. The summed E-state index contributed by atoms with van der Waals surface area (Å²) >= 11 is 0. The van der Waals surface area contributed by atoms with Gasteiger partial charge in [0.2, 0.25) is 0 Å². The van der Waals surface area contributed by atoms with E-state index in [0.717, 1.165) is 64.2 Å². The number of unbranched alkanes of at least 4 members (excludes halogenated alkanes) is 4. The van der Waals surface area contributed by atoms with Crippen molar-refractivity contribution in [2.24, 2.45) is 23.7 Å². The lowest BCUT2D eigenvalue weighted by atomic mass is 9.70. The molecule has 2 N–H and O–H groups in total. The Morgan fingerprint density at radius 2 is 1.00 bits per heavy atom. The van der Waals surface area contributed by atoms with Crippen molar-refractivity contribution in [3.8, 4) is 0 Å². The maximum absolute atomic E-state index is 12.0. The number of carbonyl (C=O) groups is 2. The van der Waals surface area contributed by atoms with E-state index in [1.54, 1.807) is 0 Å². The van der Waals surface area contributed by atoms with E-state index in [1.165, 1.54) is 0 Å². The molecule has 4 nitrogen and oxygen atoms in total. The number of hydrogen-bond acceptors (Lipinski definition) is 2. The Bertz CT molecular complexity index is 320. The third-order valence-corrected chi connectivity index (χ3v) is 5.38. The third kappa shape index (κ3) is 7.67. The Kier molecular flexibility index (Phi) is 12.7. The molecule has 0 saturated carbocycles. The van der Waals surface area contributed by atoms with Gasteiger partial charge in [-0.15, -0.1) is 0 Å². The summed E-state index contributed by atoms with van der Waals surface area (Å²) in [5, 5.41) is 19.6. The zero-order valence-electron chi connectivity index (χ0n) is 16.1. The molecule has 0 spiro atoms. The second-order valence-electron chi connectivity index (χ2n) is 7.06. The molecule has 0 amide bonds. The van der Waals surface area contributed by atoms with Crippen LogP contribution in [0.15, 0.2) is 0 Å². The van der Waals surface area contributed by atoms with Gasteiger partial charge in [-0.1, -0.05) is 79.1 Å². The Hall–Kier alpha value is -1.06. The van der Waals surface area contributed by atoms with Crippen molar-refractivity contribution in [3.05, 3.63) is 0 Å². The summed E-state index contributed by atoms with van der Waals surface area (Å²) < 4.78 is 0. The molecule has 0 rings (SSSR count). The highest BCUT2D eigenvalue weighted by molar-refractivity contribution is 5.80. The molecule has 0 aliphatic rings. The van der Waals surface area contributed by atoms with Crippen LogP contribution in [-0.2, 0) is 9.59 Å². The van der Waals surface area contributed by atoms with Gasteiger partial charge in [-0.05, 0) is 24.7 Å². The normalized spacial score (nSPS) is 16.3. The van der Waals surface area contributed by atoms with Crippen LogP contribution in [0.25, 0.3) is 0 Å². The van der Waals surface area contributed by atoms with Crippen LogP contribution in [-0.4, -0.2) is 22.2 Å². The van der Waals surface area contributed by atoms with Crippen LogP contribution in [0.1, 0.15) is 91.9 Å². The van der Waals surface area contributed by atoms with Gasteiger partial charge in [0.05, 0.1) is 11.8 Å². The molecular formula is C20H38O4. The van der Waals surface area contributed by atoms with Gasteiger partial charge in [-0.3, -0.25) is 9.59 Å². The smallest absolute Gasteiger partial charge is 0.307 e. The Morgan fingerprint density at radius 1 is 0.667 bits per heavy atom. The van der Waals surface area contributed by atoms with E-state index in [4.69, 9.17) is 0 Å². The lowest BCUT2D eigenvalue weighted by Crippen LogP contribution is -2.40. The molecule has 0 bridgehead atoms. The number of rotatable bonds is 15. The molecule has 142 valence electrons. The molecule has 0 aromatic carbocycles. The van der Waals surface area contributed by atoms with E-state index in [0.29, 0.717) is 0 Å². The molecule has 0 heterocycles. The molecule has 24 heavy (non-hydrogen) atoms. The molecule has 0 aliphatic carbocycles. The highest BCUT2D eigenvalue weighted by atomic mass is 16.4. The first-order valence-electron chi connectivity index (χ1n) is 9.89. The van der Waals surface area contributed by atoms with E-state index < -0.39 is 23.8 Å². The molecule has 0 aromatic heterocycles. The van der Waals surface area contributed by atoms with Crippen molar-refractivity contribution < 1.29 is 19.8 Å². The fourth-order valence-electron chi connectivity index (χ4n) is 3.89. The SMILES string of the molecule is CCCCCC(CC)C(C(=O)O)C(C(=O)O)C(CC)CCCCC. The molecule has 0 aromatic rings. The first-order valence-corrected chi connectivity index (χ1v) is 9.89. The summed E-state index contributed by atoms with van der Waals surface area (Å²) in [5.74, 6) is -3.49. The Labute approximate surface area is 148 Å². The quantitative estimate of drug-likeness (QED) is 0.380. The molecule has 4 heteroatoms. The number of carboxylic acid groups (broad SMARTS) is 2. The fourth-order valence-corrected chi connectivity index (χ4v) is 3.89. The van der Waals surface area contributed by atoms with E-state index >= 15 is 0 Å². The minimum atomic E-state index is -0.931. The number of hydrogen-bond donors (Lipinski definition) is 2. The molecular weight excluding hydrogens is 304 g/mol. The summed E-state index contributed by atoms with van der Waals surface area (Å²) in [5.41, 5.74) is 0. The summed E-state index contributed by atoms with van der Waals surface area (Å²) in [7, 11) is 0. The molecule has 0 radical (unpaired) electrons. The molecule has 4 atom stereocenters. The maximum atomic E-state index is 12.0. The van der Waals surface area contributed by atoms with Gasteiger partial charge in [0.1, 0.15) is 0 Å². The predicted octanol–water partition coefficient (Wildman–Crippen LogP) is 5.60. The van der Waals surface area contributed by atoms with Crippen molar-refractivity contribution >= 4 is 11.9 Å². The van der Waals surface area contributed by atoms with Gasteiger partial charge < -0.3 is 10.2 Å². The van der Waals surface area contributed by atoms with Crippen molar-refractivity contribution in [2.45, 2.75) is 91.9 Å². The average Bonchev–Trinajstić information content (AvgIpc) is 2.54. The van der Waals surface area contributed by atoms with Crippen LogP contribution < -0.4 is 0 Å². The Balaban J connectivity index is 5.31. The van der Waals surface area contributed by atoms with Crippen molar-refractivity contribution in [1.82, 2.24) is 0 Å². The van der Waals surface area contributed by atoms with Gasteiger partial charge in [-0.25, -0.2) is 0 Å². The van der Waals surface area contributed by atoms with Gasteiger partial charge in [0, 0.05) is 0 Å². The van der Waals surface area contributed by atoms with Crippen LogP contribution in [0.2, 0.25) is 0 Å². The second-order valence-corrected chi connectivity index (χ2v) is 7.06. The third-order valence-electron chi connectivity index (χ3n) is 5.38. The largest absolute Gasteiger partial charge is 0.481 e. The van der Waals surface area contributed by atoms with Crippen LogP contribution >= 0.6 is 0 Å². The first-order chi connectivity index (χ1) is 11.4. The van der Waals surface area contributed by atoms with E-state index in [-0.39, 0.29) is 11.8 Å². The maximum Gasteiger partial charge on any atom is 0.307 e. The van der Waals surface area contributed by atoms with Gasteiger partial charge >= 0.3 is 11.9 Å². The molecule has 0 aliphatic heterocycles. The van der Waals surface area contributed by atoms with E-state index in [1.807, 2.05) is 13.8 Å². The van der Waals surface area contributed by atoms with E-state index in [9.17, 15) is 19.8 Å². The summed E-state index contributed by atoms with van der Waals surface area (Å²) in [6, 6.07) is 0. The topological polar surface area (TPSA) is 74.6 Å². The highest BCUT2D eigenvalue weighted by Crippen LogP contribution is 2.37. The predicted molar refractivity (Wildman–Crippen MR) is 98.1 cm³/mol. The standard InChI is InChI=1S/C20H38O4/c1-5-9-11-13-15(7-3)17(19(21)22)18(20(23)24)16(8-4)14-12-10-6-2/h15-18H,5-14H2,1-4H3,(H,21,22)(H,23,24). The van der Waals surface area contributed by atoms with Crippen LogP contribution in [0.5, 0.6) is 0 Å². The zero-order valence-corrected chi connectivity index (χ0v) is 16.1. The summed E-state index contributed by atoms with van der Waals surface area (Å²) in [6.07, 6.45) is 9.40. The van der Waals surface area contributed by atoms with Crippen molar-refractivity contribution in [3.63, 3.8) is 0 Å². The van der Waals surface area contributed by atoms with Crippen molar-refractivity contribution in [1.29, 1.82) is 0 Å². The number of carboxylic acids is 2. The first kappa shape index (κ1) is 22.9. The van der Waals surface area contributed by atoms with Gasteiger partial charge in [-0.2, -0.15) is 0 Å². The minimum absolute atomic E-state index is 0.0459. The van der Waals surface area contributed by atoms with Crippen LogP contribution in [0, 0.1) is 23.7 Å². The summed E-state index contributed by atoms with van der Waals surface area (Å²) in [4.78, 5) is 23.9. The average molecular weight is 343 g/mol. The lowest BCUT2D eigenvalue weighted by molar-refractivity contribution is -0.159. The number of aliphatic carboxylic acids is 2. The van der Waals surface area contributed by atoms with Crippen molar-refractivity contribution in [2.75, 3.05) is 0 Å². The highest BCUT2D eigenvalue weighted by Gasteiger charge is 2.42. The minimum Gasteiger partial charge on any atom is -0.481 e. The summed E-state index contributed by atoms with van der Waals surface area (Å²) in [6.45, 7) is 8.22. The van der Waals surface area contributed by atoms with E-state index in [2.05, 4.69) is 13.8 Å². The van der Waals surface area contributed by atoms with Crippen LogP contribution in [0.4, 0.5) is 0 Å². The second kappa shape index (κ2) is 13.3. The lowest BCUT2D eigenvalue weighted by Gasteiger charge is -2.33. The van der Waals surface area contributed by atoms with Crippen LogP contribution in [0.3, 0.4) is 0 Å². The monoisotopic (exact) mass is 342 g/mol. The van der Waals surface area contributed by atoms with Gasteiger partial charge in [0.15, 0.2) is 0 Å². The Morgan fingerprint density at radius 3 is 1.21 bits per heavy atom.